The van der Waals surface area contributed by atoms with Gasteiger partial charge >= 0.3 is 5.97 Å². The summed E-state index contributed by atoms with van der Waals surface area (Å²) in [7, 11) is 0. The van der Waals surface area contributed by atoms with Gasteiger partial charge in [-0.15, -0.1) is 11.3 Å². The molecule has 0 unspecified atom stereocenters. The molecule has 0 aliphatic heterocycles. The second-order valence-electron chi connectivity index (χ2n) is 7.35. The van der Waals surface area contributed by atoms with Crippen molar-refractivity contribution in [3.63, 3.8) is 0 Å². The summed E-state index contributed by atoms with van der Waals surface area (Å²) in [5.41, 5.74) is 1.73. The van der Waals surface area contributed by atoms with E-state index in [2.05, 4.69) is 16.4 Å². The number of fused-ring (bicyclic) bond motifs is 1. The number of thiazole rings is 1. The molecule has 1 amide bonds. The molecule has 1 aliphatic rings. The topological polar surface area (TPSA) is 68.3 Å². The summed E-state index contributed by atoms with van der Waals surface area (Å²) in [6.45, 7) is 0. The molecular formula is C23H24N2O3S. The van der Waals surface area contributed by atoms with E-state index < -0.39 is 6.10 Å². The molecule has 5 nitrogen and oxygen atoms in total. The monoisotopic (exact) mass is 408 g/mol. The quantitative estimate of drug-likeness (QED) is 0.416. The van der Waals surface area contributed by atoms with E-state index in [4.69, 9.17) is 4.74 Å². The summed E-state index contributed by atoms with van der Waals surface area (Å²) in [5.74, 6) is -0.573. The number of esters is 1. The first kappa shape index (κ1) is 19.6. The molecule has 29 heavy (non-hydrogen) atoms. The number of hydrogen-bond donors (Lipinski definition) is 1. The van der Waals surface area contributed by atoms with Gasteiger partial charge in [0.2, 0.25) is 6.10 Å². The van der Waals surface area contributed by atoms with Crippen LogP contribution in [-0.4, -0.2) is 22.9 Å². The zero-order chi connectivity index (χ0) is 20.1. The van der Waals surface area contributed by atoms with Crippen molar-refractivity contribution in [2.24, 2.45) is 0 Å². The van der Waals surface area contributed by atoms with Crippen molar-refractivity contribution < 1.29 is 14.3 Å². The van der Waals surface area contributed by atoms with E-state index in [1.54, 1.807) is 11.3 Å². The molecule has 150 valence electrons. The van der Waals surface area contributed by atoms with Crippen molar-refractivity contribution in [2.45, 2.75) is 50.7 Å². The van der Waals surface area contributed by atoms with Gasteiger partial charge in [0, 0.05) is 18.0 Å². The second kappa shape index (κ2) is 9.18. The van der Waals surface area contributed by atoms with E-state index in [1.807, 2.05) is 48.5 Å². The summed E-state index contributed by atoms with van der Waals surface area (Å²) in [5, 5.41) is 4.02. The van der Waals surface area contributed by atoms with E-state index in [0.29, 0.717) is 18.4 Å². The third-order valence-electron chi connectivity index (χ3n) is 4.87. The molecular weight excluding hydrogens is 384 g/mol. The maximum Gasteiger partial charge on any atom is 0.306 e. The van der Waals surface area contributed by atoms with Gasteiger partial charge in [-0.05, 0) is 44.2 Å². The van der Waals surface area contributed by atoms with Crippen LogP contribution in [0, 0.1) is 0 Å². The van der Waals surface area contributed by atoms with Crippen LogP contribution in [0.2, 0.25) is 0 Å². The first-order chi connectivity index (χ1) is 14.2. The Morgan fingerprint density at radius 3 is 2.59 bits per heavy atom. The third kappa shape index (κ3) is 5.41. The Morgan fingerprint density at radius 2 is 1.83 bits per heavy atom. The van der Waals surface area contributed by atoms with Gasteiger partial charge in [-0.1, -0.05) is 42.5 Å². The summed E-state index contributed by atoms with van der Waals surface area (Å²) >= 11 is 1.70. The van der Waals surface area contributed by atoms with Crippen LogP contribution in [-0.2, 0) is 20.7 Å². The smallest absolute Gasteiger partial charge is 0.306 e. The second-order valence-corrected chi connectivity index (χ2v) is 8.46. The summed E-state index contributed by atoms with van der Waals surface area (Å²) in [6.07, 6.45) is 3.81. The van der Waals surface area contributed by atoms with Gasteiger partial charge in [0.1, 0.15) is 0 Å². The van der Waals surface area contributed by atoms with E-state index in [1.165, 1.54) is 4.70 Å². The largest absolute Gasteiger partial charge is 0.447 e. The Kier molecular flexibility index (Phi) is 6.20. The summed E-state index contributed by atoms with van der Waals surface area (Å²) in [4.78, 5) is 29.5. The standard InChI is InChI=1S/C23H24N2O3S/c26-21(13-7-6-12-20-25-18-10-4-5-11-19(18)29-20)28-22(16-8-2-1-3-9-16)23(27)24-17-14-15-17/h1-5,8-11,17,22H,6-7,12-15H2,(H,24,27)/t22-/m1/s1. The Morgan fingerprint density at radius 1 is 1.07 bits per heavy atom. The van der Waals surface area contributed by atoms with E-state index in [0.717, 1.165) is 36.2 Å². The van der Waals surface area contributed by atoms with Crippen molar-refractivity contribution in [1.29, 1.82) is 0 Å². The fourth-order valence-corrected chi connectivity index (χ4v) is 4.18. The van der Waals surface area contributed by atoms with Crippen LogP contribution in [0.1, 0.15) is 48.8 Å². The number of rotatable bonds is 9. The molecule has 6 heteroatoms. The zero-order valence-electron chi connectivity index (χ0n) is 16.2. The maximum atomic E-state index is 12.5. The van der Waals surface area contributed by atoms with Crippen molar-refractivity contribution in [3.8, 4) is 0 Å². The van der Waals surface area contributed by atoms with E-state index in [-0.39, 0.29) is 17.9 Å². The van der Waals surface area contributed by atoms with Crippen LogP contribution in [0.4, 0.5) is 0 Å². The number of para-hydroxylation sites is 1. The van der Waals surface area contributed by atoms with Crippen LogP contribution in [0.5, 0.6) is 0 Å². The molecule has 1 aromatic heterocycles. The molecule has 2 aromatic carbocycles. The Bertz CT molecular complexity index is 949. The zero-order valence-corrected chi connectivity index (χ0v) is 17.0. The minimum Gasteiger partial charge on any atom is -0.447 e. The lowest BCUT2D eigenvalue weighted by Gasteiger charge is -2.18. The number of carbonyl (C=O) groups excluding carboxylic acids is 2. The molecule has 1 aliphatic carbocycles. The van der Waals surface area contributed by atoms with Crippen LogP contribution < -0.4 is 5.32 Å². The molecule has 0 bridgehead atoms. The number of nitrogens with one attached hydrogen (secondary N) is 1. The van der Waals surface area contributed by atoms with Gasteiger partial charge in [0.25, 0.3) is 5.91 Å². The molecule has 0 radical (unpaired) electrons. The van der Waals surface area contributed by atoms with Crippen LogP contribution >= 0.6 is 11.3 Å². The van der Waals surface area contributed by atoms with Gasteiger partial charge < -0.3 is 10.1 Å². The number of aryl methyl sites for hydroxylation is 1. The summed E-state index contributed by atoms with van der Waals surface area (Å²) in [6, 6.07) is 17.5. The fraction of sp³-hybridized carbons (Fsp3) is 0.348. The first-order valence-corrected chi connectivity index (χ1v) is 10.9. The molecule has 1 fully saturated rings. The number of carbonyl (C=O) groups is 2. The minimum atomic E-state index is -0.881. The highest BCUT2D eigenvalue weighted by molar-refractivity contribution is 7.18. The SMILES string of the molecule is O=C(CCCCc1nc2ccccc2s1)O[C@@H](C(=O)NC1CC1)c1ccccc1. The van der Waals surface area contributed by atoms with E-state index in [9.17, 15) is 9.59 Å². The number of aromatic nitrogens is 1. The number of nitrogens with zero attached hydrogens (tertiary/aromatic N) is 1. The lowest BCUT2D eigenvalue weighted by molar-refractivity contribution is -0.156. The third-order valence-corrected chi connectivity index (χ3v) is 5.97. The molecule has 1 heterocycles. The van der Waals surface area contributed by atoms with Crippen molar-refractivity contribution >= 4 is 33.4 Å². The highest BCUT2D eigenvalue weighted by Crippen LogP contribution is 2.25. The van der Waals surface area contributed by atoms with Gasteiger partial charge in [-0.2, -0.15) is 0 Å². The lowest BCUT2D eigenvalue weighted by Crippen LogP contribution is -2.33. The van der Waals surface area contributed by atoms with Crippen molar-refractivity contribution in [1.82, 2.24) is 10.3 Å². The first-order valence-electron chi connectivity index (χ1n) is 10.1. The molecule has 3 aromatic rings. The Labute approximate surface area is 174 Å². The van der Waals surface area contributed by atoms with E-state index >= 15 is 0 Å². The number of unbranched alkanes of at least 4 members (excludes halogenated alkanes) is 1. The lowest BCUT2D eigenvalue weighted by atomic mass is 10.1. The maximum absolute atomic E-state index is 12.5. The van der Waals surface area contributed by atoms with Gasteiger partial charge in [0.05, 0.1) is 15.2 Å². The predicted octanol–water partition coefficient (Wildman–Crippen LogP) is 4.57. The van der Waals surface area contributed by atoms with Crippen LogP contribution in [0.25, 0.3) is 10.2 Å². The average molecular weight is 409 g/mol. The highest BCUT2D eigenvalue weighted by Gasteiger charge is 2.30. The van der Waals surface area contributed by atoms with Gasteiger partial charge in [0.15, 0.2) is 0 Å². The van der Waals surface area contributed by atoms with Crippen molar-refractivity contribution in [3.05, 3.63) is 65.2 Å². The molecule has 0 saturated heterocycles. The molecule has 1 N–H and O–H groups in total. The summed E-state index contributed by atoms with van der Waals surface area (Å²) < 4.78 is 6.75. The average Bonchev–Trinajstić information content (AvgIpc) is 3.45. The predicted molar refractivity (Wildman–Crippen MR) is 114 cm³/mol. The minimum absolute atomic E-state index is 0.223. The van der Waals surface area contributed by atoms with Gasteiger partial charge in [-0.25, -0.2) is 4.98 Å². The molecule has 4 rings (SSSR count). The number of amides is 1. The normalized spacial score (nSPS) is 14.5. The van der Waals surface area contributed by atoms with Crippen molar-refractivity contribution in [2.75, 3.05) is 0 Å². The van der Waals surface area contributed by atoms with Crippen LogP contribution in [0.3, 0.4) is 0 Å². The molecule has 1 atom stereocenters. The highest BCUT2D eigenvalue weighted by atomic mass is 32.1. The number of ether oxygens (including phenoxy) is 1. The molecule has 0 spiro atoms. The Hall–Kier alpha value is -2.73. The number of benzene rings is 2. The fourth-order valence-electron chi connectivity index (χ4n) is 3.17. The molecule has 1 saturated carbocycles. The van der Waals surface area contributed by atoms with Gasteiger partial charge in [-0.3, -0.25) is 9.59 Å². The van der Waals surface area contributed by atoms with Crippen LogP contribution in [0.15, 0.2) is 54.6 Å². The Balaban J connectivity index is 1.27. The number of hydrogen-bond acceptors (Lipinski definition) is 5.